The zero-order chi connectivity index (χ0) is 14.3. The maximum Gasteiger partial charge on any atom is 0.335 e. The summed E-state index contributed by atoms with van der Waals surface area (Å²) >= 11 is 0. The number of aryl methyl sites for hydroxylation is 1. The van der Waals surface area contributed by atoms with Crippen molar-refractivity contribution >= 4 is 17.0 Å². The van der Waals surface area contributed by atoms with E-state index in [9.17, 15) is 9.18 Å². The molecule has 0 bridgehead atoms. The molecule has 3 rings (SSSR count). The highest BCUT2D eigenvalue weighted by Crippen LogP contribution is 2.23. The van der Waals surface area contributed by atoms with Gasteiger partial charge < -0.3 is 5.11 Å². The minimum Gasteiger partial charge on any atom is -0.478 e. The number of carbonyl (C=O) groups is 1. The second-order valence-corrected chi connectivity index (χ2v) is 4.45. The normalized spacial score (nSPS) is 10.9. The maximum atomic E-state index is 14.2. The summed E-state index contributed by atoms with van der Waals surface area (Å²) in [6.45, 7) is 1.78. The third-order valence-electron chi connectivity index (χ3n) is 3.16. The van der Waals surface area contributed by atoms with E-state index < -0.39 is 11.8 Å². The lowest BCUT2D eigenvalue weighted by Crippen LogP contribution is -2.03. The van der Waals surface area contributed by atoms with Crippen LogP contribution in [0.2, 0.25) is 0 Å². The summed E-state index contributed by atoms with van der Waals surface area (Å²) in [5.74, 6) is -1.09. The van der Waals surface area contributed by atoms with Crippen LogP contribution in [0.5, 0.6) is 0 Å². The number of carboxylic acid groups (broad SMARTS) is 1. The zero-order valence-electron chi connectivity index (χ0n) is 10.7. The summed E-state index contributed by atoms with van der Waals surface area (Å²) in [7, 11) is 0. The molecule has 0 saturated carbocycles. The zero-order valence-corrected chi connectivity index (χ0v) is 10.7. The molecular formula is C15H11FN2O2. The third kappa shape index (κ3) is 1.84. The van der Waals surface area contributed by atoms with Crippen molar-refractivity contribution < 1.29 is 14.3 Å². The van der Waals surface area contributed by atoms with Crippen LogP contribution in [-0.4, -0.2) is 20.6 Å². The number of imidazole rings is 1. The number of aromatic nitrogens is 2. The number of benzene rings is 2. The van der Waals surface area contributed by atoms with E-state index in [1.165, 1.54) is 12.1 Å². The second kappa shape index (κ2) is 4.45. The predicted molar refractivity (Wildman–Crippen MR) is 72.7 cm³/mol. The van der Waals surface area contributed by atoms with Crippen molar-refractivity contribution in [1.82, 2.24) is 9.55 Å². The standard InChI is InChI=1S/C15H11FN2O2/c1-9-17-12-4-2-3-5-14(12)18(9)13-7-6-10(15(19)20)8-11(13)16/h2-8H,1H3,(H,19,20). The van der Waals surface area contributed by atoms with Gasteiger partial charge in [-0.05, 0) is 37.3 Å². The monoisotopic (exact) mass is 270 g/mol. The number of para-hydroxylation sites is 2. The van der Waals surface area contributed by atoms with E-state index in [1.807, 2.05) is 24.3 Å². The average molecular weight is 270 g/mol. The smallest absolute Gasteiger partial charge is 0.335 e. The first-order chi connectivity index (χ1) is 9.58. The molecule has 0 fully saturated rings. The Morgan fingerprint density at radius 1 is 1.25 bits per heavy atom. The van der Waals surface area contributed by atoms with Crippen LogP contribution in [0.1, 0.15) is 16.2 Å². The van der Waals surface area contributed by atoms with Crippen molar-refractivity contribution in [3.63, 3.8) is 0 Å². The van der Waals surface area contributed by atoms with E-state index >= 15 is 0 Å². The summed E-state index contributed by atoms with van der Waals surface area (Å²) < 4.78 is 15.8. The van der Waals surface area contributed by atoms with Crippen LogP contribution >= 0.6 is 0 Å². The van der Waals surface area contributed by atoms with E-state index in [4.69, 9.17) is 5.11 Å². The van der Waals surface area contributed by atoms with E-state index in [2.05, 4.69) is 4.98 Å². The molecular weight excluding hydrogens is 259 g/mol. The first-order valence-corrected chi connectivity index (χ1v) is 6.05. The van der Waals surface area contributed by atoms with Crippen molar-refractivity contribution in [3.8, 4) is 5.69 Å². The molecule has 0 aliphatic carbocycles. The Kier molecular flexibility index (Phi) is 2.75. The van der Waals surface area contributed by atoms with Gasteiger partial charge in [0.2, 0.25) is 0 Å². The molecule has 1 N–H and O–H groups in total. The minimum absolute atomic E-state index is 0.0756. The second-order valence-electron chi connectivity index (χ2n) is 4.45. The van der Waals surface area contributed by atoms with Crippen LogP contribution in [-0.2, 0) is 0 Å². The summed E-state index contributed by atoms with van der Waals surface area (Å²) in [6, 6.07) is 11.3. The average Bonchev–Trinajstić information content (AvgIpc) is 2.74. The quantitative estimate of drug-likeness (QED) is 0.778. The number of halogens is 1. The van der Waals surface area contributed by atoms with Gasteiger partial charge in [-0.1, -0.05) is 12.1 Å². The number of carboxylic acids is 1. The van der Waals surface area contributed by atoms with Crippen LogP contribution < -0.4 is 0 Å². The molecule has 0 amide bonds. The lowest BCUT2D eigenvalue weighted by molar-refractivity contribution is 0.0696. The molecule has 1 heterocycles. The Morgan fingerprint density at radius 3 is 2.70 bits per heavy atom. The van der Waals surface area contributed by atoms with Gasteiger partial charge in [-0.3, -0.25) is 4.57 Å². The molecule has 20 heavy (non-hydrogen) atoms. The van der Waals surface area contributed by atoms with Crippen molar-refractivity contribution in [1.29, 1.82) is 0 Å². The van der Waals surface area contributed by atoms with Gasteiger partial charge in [-0.15, -0.1) is 0 Å². The van der Waals surface area contributed by atoms with Crippen molar-refractivity contribution in [2.24, 2.45) is 0 Å². The number of hydrogen-bond acceptors (Lipinski definition) is 2. The molecule has 0 aliphatic rings. The molecule has 2 aromatic carbocycles. The summed E-state index contributed by atoms with van der Waals surface area (Å²) in [4.78, 5) is 15.2. The third-order valence-corrected chi connectivity index (χ3v) is 3.16. The highest BCUT2D eigenvalue weighted by Gasteiger charge is 2.14. The van der Waals surface area contributed by atoms with Crippen LogP contribution in [0.4, 0.5) is 4.39 Å². The molecule has 0 unspecified atom stereocenters. The first kappa shape index (κ1) is 12.3. The molecule has 1 aromatic heterocycles. The number of hydrogen-bond donors (Lipinski definition) is 1. The number of nitrogens with zero attached hydrogens (tertiary/aromatic N) is 2. The van der Waals surface area contributed by atoms with Gasteiger partial charge in [0.1, 0.15) is 11.6 Å². The Morgan fingerprint density at radius 2 is 2.00 bits per heavy atom. The van der Waals surface area contributed by atoms with E-state index in [0.717, 1.165) is 17.1 Å². The topological polar surface area (TPSA) is 55.1 Å². The highest BCUT2D eigenvalue weighted by molar-refractivity contribution is 5.88. The Hall–Kier alpha value is -2.69. The molecule has 100 valence electrons. The Balaban J connectivity index is 2.26. The fourth-order valence-corrected chi connectivity index (χ4v) is 2.27. The summed E-state index contributed by atoms with van der Waals surface area (Å²) in [5.41, 5.74) is 1.77. The Labute approximate surface area is 114 Å². The van der Waals surface area contributed by atoms with Gasteiger partial charge in [0.25, 0.3) is 0 Å². The molecule has 0 aliphatic heterocycles. The van der Waals surface area contributed by atoms with E-state index in [0.29, 0.717) is 11.5 Å². The van der Waals surface area contributed by atoms with Crippen LogP contribution in [0.25, 0.3) is 16.7 Å². The minimum atomic E-state index is -1.15. The highest BCUT2D eigenvalue weighted by atomic mass is 19.1. The lowest BCUT2D eigenvalue weighted by atomic mass is 10.2. The fraction of sp³-hybridized carbons (Fsp3) is 0.0667. The van der Waals surface area contributed by atoms with Gasteiger partial charge in [-0.2, -0.15) is 0 Å². The number of fused-ring (bicyclic) bond motifs is 1. The fourth-order valence-electron chi connectivity index (χ4n) is 2.27. The maximum absolute atomic E-state index is 14.2. The van der Waals surface area contributed by atoms with Gasteiger partial charge in [-0.25, -0.2) is 14.2 Å². The van der Waals surface area contributed by atoms with Gasteiger partial charge in [0.15, 0.2) is 0 Å². The molecule has 0 spiro atoms. The van der Waals surface area contributed by atoms with Crippen LogP contribution in [0.3, 0.4) is 0 Å². The molecule has 0 saturated heterocycles. The van der Waals surface area contributed by atoms with Gasteiger partial charge >= 0.3 is 5.97 Å². The first-order valence-electron chi connectivity index (χ1n) is 6.05. The molecule has 4 nitrogen and oxygen atoms in total. The molecule has 0 radical (unpaired) electrons. The molecule has 5 heteroatoms. The number of rotatable bonds is 2. The van der Waals surface area contributed by atoms with Crippen molar-refractivity contribution in [2.75, 3.05) is 0 Å². The molecule has 3 aromatic rings. The van der Waals surface area contributed by atoms with E-state index in [1.54, 1.807) is 11.5 Å². The van der Waals surface area contributed by atoms with E-state index in [-0.39, 0.29) is 5.56 Å². The largest absolute Gasteiger partial charge is 0.478 e. The lowest BCUT2D eigenvalue weighted by Gasteiger charge is -2.08. The molecule has 0 atom stereocenters. The van der Waals surface area contributed by atoms with Gasteiger partial charge in [0.05, 0.1) is 22.3 Å². The summed E-state index contributed by atoms with van der Waals surface area (Å²) in [5, 5.41) is 8.87. The van der Waals surface area contributed by atoms with Crippen molar-refractivity contribution in [2.45, 2.75) is 6.92 Å². The predicted octanol–water partition coefficient (Wildman–Crippen LogP) is 3.17. The number of aromatic carboxylic acids is 1. The SMILES string of the molecule is Cc1nc2ccccc2n1-c1ccc(C(=O)O)cc1F. The van der Waals surface area contributed by atoms with Crippen LogP contribution in [0, 0.1) is 12.7 Å². The van der Waals surface area contributed by atoms with Crippen LogP contribution in [0.15, 0.2) is 42.5 Å². The summed E-state index contributed by atoms with van der Waals surface area (Å²) in [6.07, 6.45) is 0. The van der Waals surface area contributed by atoms with Gasteiger partial charge in [0, 0.05) is 0 Å². The Bertz CT molecular complexity index is 824. The van der Waals surface area contributed by atoms with Crippen molar-refractivity contribution in [3.05, 3.63) is 59.7 Å².